The van der Waals surface area contributed by atoms with Gasteiger partial charge in [-0.05, 0) is 80.4 Å². The number of halogens is 1. The second-order valence-electron chi connectivity index (χ2n) is 8.28. The van der Waals surface area contributed by atoms with Gasteiger partial charge in [-0.2, -0.15) is 0 Å². The maximum absolute atomic E-state index is 12.5. The maximum Gasteiger partial charge on any atom is 0.475 e. The summed E-state index contributed by atoms with van der Waals surface area (Å²) in [5, 5.41) is 21.8. The minimum Gasteiger partial charge on any atom is -0.426 e. The number of amides is 1. The molecule has 0 saturated heterocycles. The molecule has 9 heteroatoms. The molecule has 0 spiro atoms. The standard InChI is InChI=1S/C20H31BN4O3.ClH/c22-19(23)24-13-1-2-17(21(27)28)25-18(26)15-3-5-16(6-4-15)20-10-7-14(8-11-20)9-12-20;/h3-6,14,17,27-28H,1-2,7-13H2,(H,25,26)(H4,22,23,24);1H/t14?,17-,20?;/m0./s1. The van der Waals surface area contributed by atoms with Crippen LogP contribution in [-0.2, 0) is 5.41 Å². The van der Waals surface area contributed by atoms with Crippen molar-refractivity contribution in [3.63, 3.8) is 0 Å². The zero-order chi connectivity index (χ0) is 20.1. The summed E-state index contributed by atoms with van der Waals surface area (Å²) in [6.45, 7) is 0.374. The molecule has 0 unspecified atom stereocenters. The highest BCUT2D eigenvalue weighted by atomic mass is 35.5. The molecule has 0 aliphatic heterocycles. The predicted molar refractivity (Wildman–Crippen MR) is 118 cm³/mol. The predicted octanol–water partition coefficient (Wildman–Crippen LogP) is 1.49. The van der Waals surface area contributed by atoms with Gasteiger partial charge in [0, 0.05) is 12.1 Å². The van der Waals surface area contributed by atoms with E-state index in [0.717, 1.165) is 5.92 Å². The normalized spacial score (nSPS) is 23.6. The third-order valence-electron chi connectivity index (χ3n) is 6.50. The Morgan fingerprint density at radius 2 is 1.76 bits per heavy atom. The lowest BCUT2D eigenvalue weighted by Crippen LogP contribution is -2.46. The number of guanidine groups is 1. The van der Waals surface area contributed by atoms with Gasteiger partial charge in [-0.25, -0.2) is 0 Å². The summed E-state index contributed by atoms with van der Waals surface area (Å²) in [6.07, 6.45) is 8.59. The second-order valence-corrected chi connectivity index (χ2v) is 8.28. The first-order valence-corrected chi connectivity index (χ1v) is 10.2. The van der Waals surface area contributed by atoms with Crippen molar-refractivity contribution in [2.75, 3.05) is 6.54 Å². The van der Waals surface area contributed by atoms with Crippen LogP contribution in [0, 0.1) is 5.92 Å². The molecule has 0 heterocycles. The molecule has 3 saturated carbocycles. The van der Waals surface area contributed by atoms with E-state index in [4.69, 9.17) is 11.5 Å². The SMILES string of the molecule is Cl.NC(N)=NCCC[C@H](NC(=O)c1ccc(C23CCC(CC2)CC3)cc1)B(O)O. The van der Waals surface area contributed by atoms with E-state index < -0.39 is 13.1 Å². The van der Waals surface area contributed by atoms with E-state index in [1.54, 1.807) is 0 Å². The summed E-state index contributed by atoms with van der Waals surface area (Å²) in [5.41, 5.74) is 12.7. The Bertz CT molecular complexity index is 688. The van der Waals surface area contributed by atoms with Crippen molar-refractivity contribution in [3.05, 3.63) is 35.4 Å². The zero-order valence-corrected chi connectivity index (χ0v) is 17.5. The van der Waals surface area contributed by atoms with Crippen LogP contribution in [0.3, 0.4) is 0 Å². The number of carbonyl (C=O) groups is 1. The van der Waals surface area contributed by atoms with E-state index in [-0.39, 0.29) is 24.3 Å². The van der Waals surface area contributed by atoms with Crippen LogP contribution in [0.4, 0.5) is 0 Å². The van der Waals surface area contributed by atoms with Crippen LogP contribution in [0.2, 0.25) is 0 Å². The van der Waals surface area contributed by atoms with E-state index in [1.807, 2.05) is 12.1 Å². The molecular weight excluding hydrogens is 391 g/mol. The van der Waals surface area contributed by atoms with Gasteiger partial charge in [-0.1, -0.05) is 12.1 Å². The monoisotopic (exact) mass is 422 g/mol. The smallest absolute Gasteiger partial charge is 0.426 e. The van der Waals surface area contributed by atoms with Crippen LogP contribution in [0.5, 0.6) is 0 Å². The van der Waals surface area contributed by atoms with Crippen molar-refractivity contribution in [1.29, 1.82) is 0 Å². The third kappa shape index (κ3) is 5.87. The Kier molecular flexibility index (Phi) is 8.37. The van der Waals surface area contributed by atoms with E-state index in [9.17, 15) is 14.8 Å². The fraction of sp³-hybridized carbons (Fsp3) is 0.600. The summed E-state index contributed by atoms with van der Waals surface area (Å²) in [6, 6.07) is 7.84. The van der Waals surface area contributed by atoms with Gasteiger partial charge in [0.25, 0.3) is 5.91 Å². The van der Waals surface area contributed by atoms with Crippen LogP contribution >= 0.6 is 12.4 Å². The number of hydrogen-bond acceptors (Lipinski definition) is 4. The zero-order valence-electron chi connectivity index (χ0n) is 16.7. The van der Waals surface area contributed by atoms with Crippen molar-refractivity contribution < 1.29 is 14.8 Å². The Hall–Kier alpha value is -1.77. The Morgan fingerprint density at radius 3 is 2.28 bits per heavy atom. The molecule has 1 aromatic carbocycles. The minimum absolute atomic E-state index is 0. The van der Waals surface area contributed by atoms with Gasteiger partial charge in [0.1, 0.15) is 0 Å². The topological polar surface area (TPSA) is 134 Å². The fourth-order valence-corrected chi connectivity index (χ4v) is 4.72. The van der Waals surface area contributed by atoms with Gasteiger partial charge in [-0.15, -0.1) is 12.4 Å². The van der Waals surface area contributed by atoms with Crippen molar-refractivity contribution >= 4 is 31.4 Å². The Labute approximate surface area is 178 Å². The van der Waals surface area contributed by atoms with Crippen LogP contribution in [0.15, 0.2) is 29.3 Å². The summed E-state index contributed by atoms with van der Waals surface area (Å²) < 4.78 is 0. The van der Waals surface area contributed by atoms with E-state index >= 15 is 0 Å². The van der Waals surface area contributed by atoms with Gasteiger partial charge in [-0.3, -0.25) is 9.79 Å². The van der Waals surface area contributed by atoms with Crippen molar-refractivity contribution in [3.8, 4) is 0 Å². The number of carbonyl (C=O) groups excluding carboxylic acids is 1. The molecule has 4 rings (SSSR count). The minimum atomic E-state index is -1.64. The highest BCUT2D eigenvalue weighted by Gasteiger charge is 2.41. The van der Waals surface area contributed by atoms with Crippen LogP contribution in [0.25, 0.3) is 0 Å². The Morgan fingerprint density at radius 1 is 1.17 bits per heavy atom. The molecule has 160 valence electrons. The molecule has 0 aromatic heterocycles. The van der Waals surface area contributed by atoms with Crippen molar-refractivity contribution in [2.24, 2.45) is 22.4 Å². The average Bonchev–Trinajstić information content (AvgIpc) is 2.71. The number of nitrogens with one attached hydrogen (secondary N) is 1. The first kappa shape index (κ1) is 23.5. The quantitative estimate of drug-likeness (QED) is 0.187. The van der Waals surface area contributed by atoms with Crippen molar-refractivity contribution in [1.82, 2.24) is 5.32 Å². The van der Waals surface area contributed by atoms with Crippen LogP contribution < -0.4 is 16.8 Å². The molecule has 1 aromatic rings. The molecule has 3 fully saturated rings. The van der Waals surface area contributed by atoms with Gasteiger partial charge < -0.3 is 26.8 Å². The molecule has 0 radical (unpaired) electrons. The molecule has 3 aliphatic rings. The first-order valence-electron chi connectivity index (χ1n) is 10.2. The third-order valence-corrected chi connectivity index (χ3v) is 6.50. The number of benzene rings is 1. The number of nitrogens with two attached hydrogens (primary N) is 2. The average molecular weight is 423 g/mol. The summed E-state index contributed by atoms with van der Waals surface area (Å²) in [7, 11) is -1.64. The summed E-state index contributed by atoms with van der Waals surface area (Å²) in [5.74, 6) is -0.165. The maximum atomic E-state index is 12.5. The second kappa shape index (κ2) is 10.3. The highest BCUT2D eigenvalue weighted by molar-refractivity contribution is 6.43. The fourth-order valence-electron chi connectivity index (χ4n) is 4.72. The lowest BCUT2D eigenvalue weighted by atomic mass is 9.58. The van der Waals surface area contributed by atoms with Crippen molar-refractivity contribution in [2.45, 2.75) is 62.7 Å². The number of rotatable bonds is 8. The van der Waals surface area contributed by atoms with Gasteiger partial charge >= 0.3 is 7.12 Å². The highest BCUT2D eigenvalue weighted by Crippen LogP contribution is 2.51. The van der Waals surface area contributed by atoms with Gasteiger partial charge in [0.05, 0.1) is 5.94 Å². The van der Waals surface area contributed by atoms with Gasteiger partial charge in [0.15, 0.2) is 5.96 Å². The summed E-state index contributed by atoms with van der Waals surface area (Å²) >= 11 is 0. The summed E-state index contributed by atoms with van der Waals surface area (Å²) in [4.78, 5) is 16.4. The number of nitrogens with zero attached hydrogens (tertiary/aromatic N) is 1. The molecule has 3 aliphatic carbocycles. The lowest BCUT2D eigenvalue weighted by molar-refractivity contribution is 0.0940. The molecule has 1 atom stereocenters. The first-order chi connectivity index (χ1) is 13.4. The van der Waals surface area contributed by atoms with E-state index in [0.29, 0.717) is 30.4 Å². The number of hydrogen-bond donors (Lipinski definition) is 5. The largest absolute Gasteiger partial charge is 0.475 e. The molecule has 7 N–H and O–H groups in total. The molecular formula is C20H32BClN4O3. The van der Waals surface area contributed by atoms with E-state index in [2.05, 4.69) is 22.4 Å². The molecule has 7 nitrogen and oxygen atoms in total. The number of fused-ring (bicyclic) bond motifs is 3. The lowest BCUT2D eigenvalue weighted by Gasteiger charge is -2.47. The van der Waals surface area contributed by atoms with Crippen LogP contribution in [0.1, 0.15) is 67.3 Å². The van der Waals surface area contributed by atoms with Gasteiger partial charge in [0.2, 0.25) is 0 Å². The van der Waals surface area contributed by atoms with Crippen LogP contribution in [-0.4, -0.2) is 41.5 Å². The molecule has 1 amide bonds. The van der Waals surface area contributed by atoms with E-state index in [1.165, 1.54) is 44.1 Å². The Balaban J connectivity index is 0.00000300. The number of aliphatic imine (C=N–C) groups is 1. The molecule has 29 heavy (non-hydrogen) atoms. The molecule has 2 bridgehead atoms.